The van der Waals surface area contributed by atoms with Crippen molar-refractivity contribution < 1.29 is 13.2 Å². The summed E-state index contributed by atoms with van der Waals surface area (Å²) in [6.07, 6.45) is 7.85. The van der Waals surface area contributed by atoms with Gasteiger partial charge in [-0.25, -0.2) is 8.42 Å². The van der Waals surface area contributed by atoms with Crippen molar-refractivity contribution in [2.24, 2.45) is 5.92 Å². The van der Waals surface area contributed by atoms with Crippen LogP contribution in [0, 0.1) is 5.92 Å². The van der Waals surface area contributed by atoms with Crippen LogP contribution in [0.1, 0.15) is 62.8 Å². The number of nitrogens with one attached hydrogen (secondary N) is 1. The number of hydrogen-bond donors (Lipinski definition) is 1. The summed E-state index contributed by atoms with van der Waals surface area (Å²) in [5, 5.41) is 2.58. The van der Waals surface area contributed by atoms with Crippen molar-refractivity contribution in [1.82, 2.24) is 5.32 Å². The van der Waals surface area contributed by atoms with E-state index in [0.29, 0.717) is 18.4 Å². The van der Waals surface area contributed by atoms with Gasteiger partial charge in [-0.05, 0) is 55.9 Å². The predicted octanol–water partition coefficient (Wildman–Crippen LogP) is 3.43. The third kappa shape index (κ3) is 5.06. The maximum absolute atomic E-state index is 12.2. The molecule has 0 heterocycles. The molecule has 1 aromatic carbocycles. The van der Waals surface area contributed by atoms with Gasteiger partial charge in [-0.15, -0.1) is 0 Å². The summed E-state index contributed by atoms with van der Waals surface area (Å²) in [6.45, 7) is 0.612. The lowest BCUT2D eigenvalue weighted by Crippen LogP contribution is -2.37. The number of benzene rings is 1. The van der Waals surface area contributed by atoms with Gasteiger partial charge in [-0.2, -0.15) is 0 Å². The Morgan fingerprint density at radius 1 is 0.960 bits per heavy atom. The maximum atomic E-state index is 12.2. The number of rotatable bonds is 6. The van der Waals surface area contributed by atoms with Crippen LogP contribution in [0.4, 0.5) is 0 Å². The molecule has 1 N–H and O–H groups in total. The van der Waals surface area contributed by atoms with Gasteiger partial charge < -0.3 is 5.32 Å². The fourth-order valence-electron chi connectivity index (χ4n) is 4.28. The molecule has 0 saturated heterocycles. The van der Waals surface area contributed by atoms with Crippen molar-refractivity contribution in [2.45, 2.75) is 62.5 Å². The quantitative estimate of drug-likeness (QED) is 0.842. The van der Waals surface area contributed by atoms with E-state index in [2.05, 4.69) is 29.6 Å². The first-order chi connectivity index (χ1) is 12.0. The Morgan fingerprint density at radius 3 is 2.24 bits per heavy atom. The molecular formula is C20H29NO3S. The van der Waals surface area contributed by atoms with Gasteiger partial charge in [0.05, 0.1) is 5.25 Å². The molecule has 0 atom stereocenters. The molecule has 5 heteroatoms. The molecule has 1 aromatic rings. The summed E-state index contributed by atoms with van der Waals surface area (Å²) in [5.74, 6) is 0.433. The average molecular weight is 364 g/mol. The summed E-state index contributed by atoms with van der Waals surface area (Å²) in [4.78, 5) is 12.1. The highest BCUT2D eigenvalue weighted by Gasteiger charge is 2.31. The van der Waals surface area contributed by atoms with Crippen molar-refractivity contribution in [3.05, 3.63) is 35.9 Å². The first kappa shape index (κ1) is 18.4. The second kappa shape index (κ2) is 8.35. The summed E-state index contributed by atoms with van der Waals surface area (Å²) < 4.78 is 24.5. The number of sulfone groups is 1. The molecule has 0 aromatic heterocycles. The minimum absolute atomic E-state index is 0.292. The Hall–Kier alpha value is -1.36. The van der Waals surface area contributed by atoms with Crippen LogP contribution in [-0.2, 0) is 14.6 Å². The Morgan fingerprint density at radius 2 is 1.60 bits per heavy atom. The minimum atomic E-state index is -3.27. The fourth-order valence-corrected chi connectivity index (χ4v) is 6.04. The lowest BCUT2D eigenvalue weighted by atomic mass is 9.79. The molecule has 3 rings (SSSR count). The first-order valence-corrected chi connectivity index (χ1v) is 11.3. The van der Waals surface area contributed by atoms with Crippen LogP contribution in [0.2, 0.25) is 0 Å². The van der Waals surface area contributed by atoms with Crippen molar-refractivity contribution >= 4 is 15.7 Å². The molecule has 2 aliphatic rings. The van der Waals surface area contributed by atoms with E-state index in [4.69, 9.17) is 0 Å². The highest BCUT2D eigenvalue weighted by Crippen LogP contribution is 2.35. The highest BCUT2D eigenvalue weighted by atomic mass is 32.2. The highest BCUT2D eigenvalue weighted by molar-refractivity contribution is 7.92. The fraction of sp³-hybridized carbons (Fsp3) is 0.650. The standard InChI is InChI=1S/C20H29NO3S/c22-20(15-25(23,24)19-8-4-5-9-19)21-14-16-10-12-18(13-11-16)17-6-2-1-3-7-17/h1-3,6-7,16,18-19H,4-5,8-15H2,(H,21,22). The number of carbonyl (C=O) groups is 1. The van der Waals surface area contributed by atoms with Crippen LogP contribution >= 0.6 is 0 Å². The molecule has 0 spiro atoms. The van der Waals surface area contributed by atoms with Gasteiger partial charge in [0, 0.05) is 6.54 Å². The monoisotopic (exact) mass is 363 g/mol. The Labute approximate surface area is 151 Å². The van der Waals surface area contributed by atoms with Crippen LogP contribution in [0.5, 0.6) is 0 Å². The van der Waals surface area contributed by atoms with Crippen LogP contribution in [-0.4, -0.2) is 31.9 Å². The number of amides is 1. The molecule has 4 nitrogen and oxygen atoms in total. The van der Waals surface area contributed by atoms with E-state index in [1.165, 1.54) is 5.56 Å². The molecule has 2 fully saturated rings. The van der Waals surface area contributed by atoms with Crippen LogP contribution < -0.4 is 5.32 Å². The summed E-state index contributed by atoms with van der Waals surface area (Å²) in [7, 11) is -3.27. The zero-order valence-electron chi connectivity index (χ0n) is 14.8. The van der Waals surface area contributed by atoms with E-state index in [1.54, 1.807) is 0 Å². The first-order valence-electron chi connectivity index (χ1n) is 9.58. The topological polar surface area (TPSA) is 63.2 Å². The summed E-state index contributed by atoms with van der Waals surface area (Å²) in [6, 6.07) is 10.6. The van der Waals surface area contributed by atoms with Crippen molar-refractivity contribution in [1.29, 1.82) is 0 Å². The third-order valence-electron chi connectivity index (χ3n) is 5.85. The molecule has 25 heavy (non-hydrogen) atoms. The zero-order valence-corrected chi connectivity index (χ0v) is 15.6. The summed E-state index contributed by atoms with van der Waals surface area (Å²) in [5.41, 5.74) is 1.41. The van der Waals surface area contributed by atoms with Crippen molar-refractivity contribution in [2.75, 3.05) is 12.3 Å². The van der Waals surface area contributed by atoms with Crippen molar-refractivity contribution in [3.8, 4) is 0 Å². The van der Waals surface area contributed by atoms with E-state index in [0.717, 1.165) is 51.4 Å². The molecular weight excluding hydrogens is 334 g/mol. The molecule has 2 saturated carbocycles. The van der Waals surface area contributed by atoms with Crippen LogP contribution in [0.15, 0.2) is 30.3 Å². The van der Waals surface area contributed by atoms with E-state index >= 15 is 0 Å². The molecule has 2 aliphatic carbocycles. The van der Waals surface area contributed by atoms with Gasteiger partial charge in [-0.3, -0.25) is 4.79 Å². The van der Waals surface area contributed by atoms with Gasteiger partial charge in [0.1, 0.15) is 5.75 Å². The average Bonchev–Trinajstić information content (AvgIpc) is 3.17. The second-order valence-corrected chi connectivity index (χ2v) is 9.93. The molecule has 0 aliphatic heterocycles. The van der Waals surface area contributed by atoms with E-state index < -0.39 is 9.84 Å². The third-order valence-corrected chi connectivity index (χ3v) is 8.00. The van der Waals surface area contributed by atoms with Crippen molar-refractivity contribution in [3.63, 3.8) is 0 Å². The molecule has 0 bridgehead atoms. The number of hydrogen-bond acceptors (Lipinski definition) is 3. The largest absolute Gasteiger partial charge is 0.355 e. The lowest BCUT2D eigenvalue weighted by Gasteiger charge is -2.29. The van der Waals surface area contributed by atoms with E-state index in [-0.39, 0.29) is 16.9 Å². The minimum Gasteiger partial charge on any atom is -0.355 e. The van der Waals surface area contributed by atoms with E-state index in [1.807, 2.05) is 6.07 Å². The second-order valence-electron chi connectivity index (χ2n) is 7.65. The van der Waals surface area contributed by atoms with E-state index in [9.17, 15) is 13.2 Å². The molecule has 0 radical (unpaired) electrons. The molecule has 138 valence electrons. The van der Waals surface area contributed by atoms with Crippen LogP contribution in [0.3, 0.4) is 0 Å². The Bertz CT molecular complexity index is 657. The Kier molecular flexibility index (Phi) is 6.15. The van der Waals surface area contributed by atoms with Gasteiger partial charge >= 0.3 is 0 Å². The zero-order chi connectivity index (χ0) is 17.7. The summed E-state index contributed by atoms with van der Waals surface area (Å²) >= 11 is 0. The van der Waals surface area contributed by atoms with Gasteiger partial charge in [-0.1, -0.05) is 43.2 Å². The van der Waals surface area contributed by atoms with Gasteiger partial charge in [0.2, 0.25) is 5.91 Å². The Balaban J connectivity index is 1.40. The maximum Gasteiger partial charge on any atom is 0.235 e. The predicted molar refractivity (Wildman–Crippen MR) is 100 cm³/mol. The SMILES string of the molecule is O=C(CS(=O)(=O)C1CCCC1)NCC1CCC(c2ccccc2)CC1. The number of carbonyl (C=O) groups excluding carboxylic acids is 1. The normalized spacial score (nSPS) is 25.0. The lowest BCUT2D eigenvalue weighted by molar-refractivity contribution is -0.118. The molecule has 0 unspecified atom stereocenters. The van der Waals surface area contributed by atoms with Gasteiger partial charge in [0.25, 0.3) is 0 Å². The van der Waals surface area contributed by atoms with Crippen LogP contribution in [0.25, 0.3) is 0 Å². The smallest absolute Gasteiger partial charge is 0.235 e. The van der Waals surface area contributed by atoms with Gasteiger partial charge in [0.15, 0.2) is 9.84 Å². The molecule has 1 amide bonds.